The Morgan fingerprint density at radius 2 is 2.19 bits per heavy atom. The van der Waals surface area contributed by atoms with E-state index in [9.17, 15) is 0 Å². The first-order chi connectivity index (χ1) is 7.65. The zero-order chi connectivity index (χ0) is 11.5. The van der Waals surface area contributed by atoms with Crippen molar-refractivity contribution < 1.29 is 0 Å². The third-order valence-corrected chi connectivity index (χ3v) is 3.22. The van der Waals surface area contributed by atoms with Gasteiger partial charge in [0.1, 0.15) is 0 Å². The van der Waals surface area contributed by atoms with Gasteiger partial charge in [0.15, 0.2) is 5.15 Å². The number of hydrogen-bond acceptors (Lipinski definition) is 4. The molecule has 2 rings (SSSR count). The Kier molecular flexibility index (Phi) is 3.74. The smallest absolute Gasteiger partial charge is 0.151 e. The number of rotatable bonds is 2. The molecule has 1 saturated heterocycles. The second-order valence-corrected chi connectivity index (χ2v) is 4.82. The Balaban J connectivity index is 1.96. The van der Waals surface area contributed by atoms with Crippen LogP contribution in [0.2, 0.25) is 5.15 Å². The van der Waals surface area contributed by atoms with Gasteiger partial charge in [-0.25, -0.2) is 0 Å². The number of halogens is 1. The van der Waals surface area contributed by atoms with E-state index in [1.165, 1.54) is 0 Å². The Bertz CT molecular complexity index is 340. The monoisotopic (exact) mass is 240 g/mol. The van der Waals surface area contributed by atoms with Crippen LogP contribution in [0.15, 0.2) is 12.1 Å². The highest BCUT2D eigenvalue weighted by molar-refractivity contribution is 6.29. The molecule has 88 valence electrons. The standard InChI is InChI=1S/C11H17ClN4/c1-9-7-15(2)5-6-16(9)8-10-3-4-11(12)14-13-10/h3-4,9H,5-8H2,1-2H3. The van der Waals surface area contributed by atoms with Crippen LogP contribution in [0.4, 0.5) is 0 Å². The van der Waals surface area contributed by atoms with Crippen LogP contribution in [-0.2, 0) is 6.54 Å². The molecule has 0 saturated carbocycles. The predicted molar refractivity (Wildman–Crippen MR) is 64.4 cm³/mol. The van der Waals surface area contributed by atoms with Crippen molar-refractivity contribution in [2.45, 2.75) is 19.5 Å². The van der Waals surface area contributed by atoms with E-state index in [0.29, 0.717) is 11.2 Å². The summed E-state index contributed by atoms with van der Waals surface area (Å²) in [5, 5.41) is 8.41. The topological polar surface area (TPSA) is 32.3 Å². The van der Waals surface area contributed by atoms with Gasteiger partial charge in [0, 0.05) is 32.2 Å². The summed E-state index contributed by atoms with van der Waals surface area (Å²) in [5.74, 6) is 0. The lowest BCUT2D eigenvalue weighted by molar-refractivity contribution is 0.0924. The number of piperazine rings is 1. The molecule has 1 aliphatic heterocycles. The second kappa shape index (κ2) is 5.08. The highest BCUT2D eigenvalue weighted by Gasteiger charge is 2.21. The molecule has 0 radical (unpaired) electrons. The fraction of sp³-hybridized carbons (Fsp3) is 0.636. The van der Waals surface area contributed by atoms with E-state index in [2.05, 4.69) is 34.0 Å². The van der Waals surface area contributed by atoms with Crippen molar-refractivity contribution in [1.29, 1.82) is 0 Å². The van der Waals surface area contributed by atoms with E-state index in [-0.39, 0.29) is 0 Å². The van der Waals surface area contributed by atoms with Crippen LogP contribution < -0.4 is 0 Å². The second-order valence-electron chi connectivity index (χ2n) is 4.43. The fourth-order valence-corrected chi connectivity index (χ4v) is 2.15. The summed E-state index contributed by atoms with van der Waals surface area (Å²) in [6, 6.07) is 4.31. The van der Waals surface area contributed by atoms with Gasteiger partial charge in [-0.05, 0) is 26.1 Å². The van der Waals surface area contributed by atoms with Crippen LogP contribution in [0.5, 0.6) is 0 Å². The summed E-state index contributed by atoms with van der Waals surface area (Å²) >= 11 is 5.71. The first-order valence-electron chi connectivity index (χ1n) is 5.56. The predicted octanol–water partition coefficient (Wildman–Crippen LogP) is 1.27. The van der Waals surface area contributed by atoms with Crippen molar-refractivity contribution in [3.05, 3.63) is 23.0 Å². The maximum atomic E-state index is 5.71. The first-order valence-corrected chi connectivity index (χ1v) is 5.93. The minimum absolute atomic E-state index is 0.454. The molecule has 1 unspecified atom stereocenters. The van der Waals surface area contributed by atoms with E-state index in [0.717, 1.165) is 31.9 Å². The lowest BCUT2D eigenvalue weighted by atomic mass is 10.2. The van der Waals surface area contributed by atoms with E-state index in [1.807, 2.05) is 6.07 Å². The third-order valence-electron chi connectivity index (χ3n) is 3.02. The normalized spacial score (nSPS) is 23.6. The molecule has 0 spiro atoms. The molecular formula is C11H17ClN4. The fourth-order valence-electron chi connectivity index (χ4n) is 2.05. The maximum Gasteiger partial charge on any atom is 0.151 e. The van der Waals surface area contributed by atoms with Crippen molar-refractivity contribution in [2.24, 2.45) is 0 Å². The largest absolute Gasteiger partial charge is 0.304 e. The van der Waals surface area contributed by atoms with Crippen LogP contribution in [0.3, 0.4) is 0 Å². The molecule has 2 heterocycles. The van der Waals surface area contributed by atoms with Gasteiger partial charge in [-0.2, -0.15) is 5.10 Å². The van der Waals surface area contributed by atoms with Gasteiger partial charge < -0.3 is 4.90 Å². The molecule has 0 N–H and O–H groups in total. The van der Waals surface area contributed by atoms with Crippen LogP contribution >= 0.6 is 11.6 Å². The summed E-state index contributed by atoms with van der Waals surface area (Å²) in [6.45, 7) is 6.42. The van der Waals surface area contributed by atoms with Crippen molar-refractivity contribution in [2.75, 3.05) is 26.7 Å². The van der Waals surface area contributed by atoms with Crippen LogP contribution in [0.25, 0.3) is 0 Å². The molecule has 0 bridgehead atoms. The van der Waals surface area contributed by atoms with Crippen LogP contribution in [0.1, 0.15) is 12.6 Å². The molecule has 1 aliphatic rings. The van der Waals surface area contributed by atoms with Gasteiger partial charge in [-0.15, -0.1) is 5.10 Å². The Hall–Kier alpha value is -0.710. The van der Waals surface area contributed by atoms with Gasteiger partial charge >= 0.3 is 0 Å². The summed E-state index contributed by atoms with van der Waals surface area (Å²) in [5.41, 5.74) is 0.987. The van der Waals surface area contributed by atoms with Gasteiger partial charge in [-0.3, -0.25) is 4.90 Å². The summed E-state index contributed by atoms with van der Waals surface area (Å²) in [4.78, 5) is 4.78. The molecule has 1 fully saturated rings. The molecule has 1 aromatic heterocycles. The quantitative estimate of drug-likeness (QED) is 0.779. The van der Waals surface area contributed by atoms with Gasteiger partial charge in [0.05, 0.1) is 5.69 Å². The Labute approximate surface area is 101 Å². The number of aromatic nitrogens is 2. The zero-order valence-electron chi connectivity index (χ0n) is 9.73. The minimum atomic E-state index is 0.454. The molecule has 0 aliphatic carbocycles. The summed E-state index contributed by atoms with van der Waals surface area (Å²) < 4.78 is 0. The highest BCUT2D eigenvalue weighted by atomic mass is 35.5. The number of hydrogen-bond donors (Lipinski definition) is 0. The number of nitrogens with zero attached hydrogens (tertiary/aromatic N) is 4. The van der Waals surface area contributed by atoms with Crippen molar-refractivity contribution in [3.8, 4) is 0 Å². The van der Waals surface area contributed by atoms with E-state index in [4.69, 9.17) is 11.6 Å². The first kappa shape index (κ1) is 11.8. The van der Waals surface area contributed by atoms with E-state index < -0.39 is 0 Å². The minimum Gasteiger partial charge on any atom is -0.304 e. The van der Waals surface area contributed by atoms with Crippen molar-refractivity contribution >= 4 is 11.6 Å². The molecule has 1 atom stereocenters. The van der Waals surface area contributed by atoms with Crippen LogP contribution in [0, 0.1) is 0 Å². The van der Waals surface area contributed by atoms with E-state index in [1.54, 1.807) is 6.07 Å². The molecule has 5 heteroatoms. The Morgan fingerprint density at radius 3 is 2.81 bits per heavy atom. The van der Waals surface area contributed by atoms with Crippen molar-refractivity contribution in [1.82, 2.24) is 20.0 Å². The summed E-state index contributed by atoms with van der Waals surface area (Å²) in [6.07, 6.45) is 0. The highest BCUT2D eigenvalue weighted by Crippen LogP contribution is 2.12. The molecule has 1 aromatic rings. The lowest BCUT2D eigenvalue weighted by Crippen LogP contribution is -2.49. The van der Waals surface area contributed by atoms with Gasteiger partial charge in [0.2, 0.25) is 0 Å². The van der Waals surface area contributed by atoms with Gasteiger partial charge in [-0.1, -0.05) is 11.6 Å². The molecule has 0 amide bonds. The lowest BCUT2D eigenvalue weighted by Gasteiger charge is -2.37. The maximum absolute atomic E-state index is 5.71. The van der Waals surface area contributed by atoms with Gasteiger partial charge in [0.25, 0.3) is 0 Å². The average molecular weight is 241 g/mol. The molecular weight excluding hydrogens is 224 g/mol. The van der Waals surface area contributed by atoms with Crippen LogP contribution in [-0.4, -0.2) is 52.7 Å². The Morgan fingerprint density at radius 1 is 1.38 bits per heavy atom. The summed E-state index contributed by atoms with van der Waals surface area (Å²) in [7, 11) is 2.16. The van der Waals surface area contributed by atoms with E-state index >= 15 is 0 Å². The SMILES string of the molecule is CC1CN(C)CCN1Cc1ccc(Cl)nn1. The molecule has 0 aromatic carbocycles. The third kappa shape index (κ3) is 2.90. The number of likely N-dealkylation sites (N-methyl/N-ethyl adjacent to an activating group) is 1. The average Bonchev–Trinajstić information content (AvgIpc) is 2.25. The zero-order valence-corrected chi connectivity index (χ0v) is 10.5. The van der Waals surface area contributed by atoms with Crippen molar-refractivity contribution in [3.63, 3.8) is 0 Å². The molecule has 16 heavy (non-hydrogen) atoms. The molecule has 4 nitrogen and oxygen atoms in total.